The molecule has 4 aromatic rings. The van der Waals surface area contributed by atoms with E-state index >= 15 is 0 Å². The van der Waals surface area contributed by atoms with Gasteiger partial charge in [-0.3, -0.25) is 9.69 Å². The van der Waals surface area contributed by atoms with E-state index in [0.29, 0.717) is 32.2 Å². The second kappa shape index (κ2) is 17.3. The van der Waals surface area contributed by atoms with E-state index in [-0.39, 0.29) is 12.2 Å². The molecule has 1 fully saturated rings. The third-order valence-corrected chi connectivity index (χ3v) is 10.3. The number of carbonyl (C=O) groups excluding carboxylic acids is 1. The van der Waals surface area contributed by atoms with Crippen molar-refractivity contribution in [2.75, 3.05) is 43.6 Å². The molecule has 0 radical (unpaired) electrons. The number of carbonyl (C=O) groups is 1. The summed E-state index contributed by atoms with van der Waals surface area (Å²) in [5.41, 5.74) is 8.09. The fourth-order valence-corrected chi connectivity index (χ4v) is 7.19. The van der Waals surface area contributed by atoms with Crippen LogP contribution in [-0.2, 0) is 27.4 Å². The van der Waals surface area contributed by atoms with Crippen molar-refractivity contribution in [3.8, 4) is 16.9 Å². The summed E-state index contributed by atoms with van der Waals surface area (Å²) < 4.78 is 17.3. The summed E-state index contributed by atoms with van der Waals surface area (Å²) in [7, 11) is 2.18. The quantitative estimate of drug-likeness (QED) is 0.105. The number of thiazole rings is 1. The summed E-state index contributed by atoms with van der Waals surface area (Å²) >= 11 is 1.67. The summed E-state index contributed by atoms with van der Waals surface area (Å²) in [4.78, 5) is 23.3. The lowest BCUT2D eigenvalue weighted by atomic mass is 10.00. The van der Waals surface area contributed by atoms with Crippen LogP contribution in [0.4, 0.5) is 11.4 Å². The fourth-order valence-electron chi connectivity index (χ4n) is 6.59. The van der Waals surface area contributed by atoms with Crippen molar-refractivity contribution in [3.63, 3.8) is 0 Å². The van der Waals surface area contributed by atoms with Gasteiger partial charge in [0.05, 0.1) is 23.9 Å². The van der Waals surface area contributed by atoms with Gasteiger partial charge in [-0.15, -0.1) is 11.3 Å². The fraction of sp³-hybridized carbons (Fsp3) is 0.415. The smallest absolute Gasteiger partial charge is 0.251 e. The molecule has 0 bridgehead atoms. The predicted octanol–water partition coefficient (Wildman–Crippen LogP) is 8.70. The zero-order valence-corrected chi connectivity index (χ0v) is 30.6. The first kappa shape index (κ1) is 35.8. The molecule has 1 saturated heterocycles. The van der Waals surface area contributed by atoms with Crippen molar-refractivity contribution in [1.82, 2.24) is 9.88 Å². The minimum absolute atomic E-state index is 0.0726. The molecule has 8 nitrogen and oxygen atoms in total. The third kappa shape index (κ3) is 9.60. The van der Waals surface area contributed by atoms with Crippen molar-refractivity contribution in [2.45, 2.75) is 78.3 Å². The summed E-state index contributed by atoms with van der Waals surface area (Å²) in [5.74, 6) is 0.701. The molecule has 2 aliphatic heterocycles. The maximum atomic E-state index is 13.8. The zero-order chi connectivity index (χ0) is 34.9. The number of fused-ring (bicyclic) bond motifs is 1. The number of hydrogen-bond acceptors (Lipinski definition) is 8. The van der Waals surface area contributed by atoms with Gasteiger partial charge in [-0.1, -0.05) is 43.7 Å². The number of nitrogens with zero attached hydrogens (tertiary/aromatic N) is 3. The highest BCUT2D eigenvalue weighted by molar-refractivity contribution is 7.09. The van der Waals surface area contributed by atoms with Crippen molar-refractivity contribution in [3.05, 3.63) is 99.5 Å². The number of rotatable bonds is 14. The van der Waals surface area contributed by atoms with Gasteiger partial charge in [0.1, 0.15) is 5.75 Å². The minimum atomic E-state index is -0.302. The topological polar surface area (TPSA) is 76.2 Å². The number of amides is 1. The Morgan fingerprint density at radius 3 is 2.56 bits per heavy atom. The number of nitrogens with one attached hydrogen (secondary N) is 1. The average Bonchev–Trinajstić information content (AvgIpc) is 3.45. The van der Waals surface area contributed by atoms with Gasteiger partial charge in [-0.05, 0) is 111 Å². The predicted molar refractivity (Wildman–Crippen MR) is 204 cm³/mol. The Bertz CT molecular complexity index is 1730. The molecule has 1 N–H and O–H groups in total. The first-order valence-corrected chi connectivity index (χ1v) is 18.8. The van der Waals surface area contributed by atoms with Crippen LogP contribution in [0.1, 0.15) is 67.8 Å². The van der Waals surface area contributed by atoms with Crippen LogP contribution < -0.4 is 15.0 Å². The van der Waals surface area contributed by atoms with Gasteiger partial charge < -0.3 is 24.4 Å². The Morgan fingerprint density at radius 2 is 1.84 bits per heavy atom. The number of benzene rings is 3. The van der Waals surface area contributed by atoms with E-state index in [4.69, 9.17) is 19.2 Å². The van der Waals surface area contributed by atoms with E-state index in [1.165, 1.54) is 5.56 Å². The molecule has 1 atom stereocenters. The molecule has 6 rings (SSSR count). The van der Waals surface area contributed by atoms with Gasteiger partial charge in [0.25, 0.3) is 5.91 Å². The second-order valence-electron chi connectivity index (χ2n) is 13.3. The standard InChI is InChI=1S/C41H50N4O4S/c1-5-6-21-48-30(3)49-39-14-9-32(10-15-39)33-11-16-40-35(24-33)25-34(17-20-45(40)27-37-28-50-29(2)42-37)41(46)43-36-12-7-31(8-13-36)26-44(4)38-18-22-47-23-19-38/h7-16,24-25,28,30,38H,5-6,17-23,26-27H2,1-4H3,(H,43,46). The highest BCUT2D eigenvalue weighted by Crippen LogP contribution is 2.34. The van der Waals surface area contributed by atoms with Crippen molar-refractivity contribution < 1.29 is 19.0 Å². The van der Waals surface area contributed by atoms with Gasteiger partial charge in [-0.2, -0.15) is 0 Å². The number of hydrogen-bond donors (Lipinski definition) is 1. The van der Waals surface area contributed by atoms with Crippen molar-refractivity contribution in [1.29, 1.82) is 0 Å². The van der Waals surface area contributed by atoms with Crippen LogP contribution in [0.3, 0.4) is 0 Å². The average molecular weight is 695 g/mol. The van der Waals surface area contributed by atoms with Gasteiger partial charge in [0.15, 0.2) is 6.29 Å². The second-order valence-corrected chi connectivity index (χ2v) is 14.4. The Labute approximate surface area is 301 Å². The van der Waals surface area contributed by atoms with Gasteiger partial charge in [0, 0.05) is 54.7 Å². The third-order valence-electron chi connectivity index (χ3n) is 9.46. The molecule has 1 unspecified atom stereocenters. The Balaban J connectivity index is 1.18. The lowest BCUT2D eigenvalue weighted by Crippen LogP contribution is -2.36. The van der Waals surface area contributed by atoms with Crippen LogP contribution in [0.15, 0.2) is 77.7 Å². The SMILES string of the molecule is CCCCOC(C)Oc1ccc(-c2ccc3c(c2)C=C(C(=O)Nc2ccc(CN(C)C4CCOCC4)cc2)CCN3Cc2csc(C)n2)cc1. The molecule has 3 heterocycles. The first-order valence-electron chi connectivity index (χ1n) is 17.9. The molecular formula is C41H50N4O4S. The molecule has 2 aliphatic rings. The summed E-state index contributed by atoms with van der Waals surface area (Å²) in [5, 5.41) is 6.35. The minimum Gasteiger partial charge on any atom is -0.465 e. The van der Waals surface area contributed by atoms with E-state index in [1.807, 2.05) is 38.1 Å². The Hall–Kier alpha value is -4.02. The van der Waals surface area contributed by atoms with Gasteiger partial charge in [-0.25, -0.2) is 4.98 Å². The molecule has 50 heavy (non-hydrogen) atoms. The number of anilines is 2. The molecule has 3 aromatic carbocycles. The number of unbranched alkanes of at least 4 members (excludes halogenated alkanes) is 1. The van der Waals surface area contributed by atoms with E-state index in [0.717, 1.165) is 95.5 Å². The number of ether oxygens (including phenoxy) is 3. The molecule has 264 valence electrons. The van der Waals surface area contributed by atoms with Crippen LogP contribution >= 0.6 is 11.3 Å². The van der Waals surface area contributed by atoms with Crippen molar-refractivity contribution in [2.24, 2.45) is 0 Å². The highest BCUT2D eigenvalue weighted by atomic mass is 32.1. The first-order chi connectivity index (χ1) is 24.3. The molecule has 0 aliphatic carbocycles. The van der Waals surface area contributed by atoms with Gasteiger partial charge >= 0.3 is 0 Å². The lowest BCUT2D eigenvalue weighted by Gasteiger charge is -2.31. The summed E-state index contributed by atoms with van der Waals surface area (Å²) in [6.07, 6.45) is 6.63. The van der Waals surface area contributed by atoms with E-state index in [2.05, 4.69) is 83.0 Å². The molecule has 1 amide bonds. The lowest BCUT2D eigenvalue weighted by molar-refractivity contribution is -0.112. The summed E-state index contributed by atoms with van der Waals surface area (Å²) in [6.45, 7) is 10.8. The van der Waals surface area contributed by atoms with Crippen LogP contribution in [0.25, 0.3) is 17.2 Å². The molecule has 0 spiro atoms. The maximum Gasteiger partial charge on any atom is 0.251 e. The van der Waals surface area contributed by atoms with Crippen LogP contribution in [-0.4, -0.2) is 61.5 Å². The van der Waals surface area contributed by atoms with E-state index in [1.54, 1.807) is 11.3 Å². The Morgan fingerprint density at radius 1 is 1.08 bits per heavy atom. The zero-order valence-electron chi connectivity index (χ0n) is 29.8. The normalized spacial score (nSPS) is 15.7. The Kier molecular flexibility index (Phi) is 12.4. The van der Waals surface area contributed by atoms with Crippen LogP contribution in [0.5, 0.6) is 5.75 Å². The highest BCUT2D eigenvalue weighted by Gasteiger charge is 2.22. The van der Waals surface area contributed by atoms with Crippen LogP contribution in [0, 0.1) is 6.92 Å². The molecule has 1 aromatic heterocycles. The van der Waals surface area contributed by atoms with Crippen LogP contribution in [0.2, 0.25) is 0 Å². The monoisotopic (exact) mass is 694 g/mol. The maximum absolute atomic E-state index is 13.8. The number of aryl methyl sites for hydroxylation is 1. The number of aromatic nitrogens is 1. The van der Waals surface area contributed by atoms with Crippen molar-refractivity contribution >= 4 is 34.7 Å². The van der Waals surface area contributed by atoms with E-state index in [9.17, 15) is 4.79 Å². The van der Waals surface area contributed by atoms with E-state index < -0.39 is 0 Å². The molecule has 0 saturated carbocycles. The largest absolute Gasteiger partial charge is 0.465 e. The molecular weight excluding hydrogens is 645 g/mol. The van der Waals surface area contributed by atoms with Gasteiger partial charge in [0.2, 0.25) is 0 Å². The molecule has 9 heteroatoms. The summed E-state index contributed by atoms with van der Waals surface area (Å²) in [6, 6.07) is 23.4.